The van der Waals surface area contributed by atoms with E-state index >= 15 is 0 Å². The Morgan fingerprint density at radius 1 is 1.25 bits per heavy atom. The van der Waals surface area contributed by atoms with Crippen LogP contribution in [0.2, 0.25) is 0 Å². The molecule has 0 aromatic heterocycles. The van der Waals surface area contributed by atoms with Crippen LogP contribution < -0.4 is 5.73 Å². The van der Waals surface area contributed by atoms with E-state index in [4.69, 9.17) is 10.5 Å². The maximum Gasteiger partial charge on any atom is 0.0697 e. The monoisotopic (exact) mass is 225 g/mol. The van der Waals surface area contributed by atoms with Gasteiger partial charge in [0.05, 0.1) is 5.60 Å². The Morgan fingerprint density at radius 2 is 2.12 bits per heavy atom. The van der Waals surface area contributed by atoms with Crippen LogP contribution >= 0.6 is 0 Å². The molecule has 2 nitrogen and oxygen atoms in total. The van der Waals surface area contributed by atoms with Crippen molar-refractivity contribution < 1.29 is 4.74 Å². The lowest BCUT2D eigenvalue weighted by atomic mass is 9.84. The molecule has 2 rings (SSSR count). The van der Waals surface area contributed by atoms with Crippen LogP contribution in [0.5, 0.6) is 0 Å². The molecule has 1 aliphatic heterocycles. The molecular formula is C14H27NO. The van der Waals surface area contributed by atoms with Gasteiger partial charge < -0.3 is 10.5 Å². The second-order valence-corrected chi connectivity index (χ2v) is 5.87. The summed E-state index contributed by atoms with van der Waals surface area (Å²) in [5, 5.41) is 0. The molecule has 3 atom stereocenters. The molecule has 94 valence electrons. The Bertz CT molecular complexity index is 219. The molecule has 3 unspecified atom stereocenters. The van der Waals surface area contributed by atoms with Gasteiger partial charge in [-0.2, -0.15) is 0 Å². The number of ether oxygens (including phenoxy) is 1. The van der Waals surface area contributed by atoms with Gasteiger partial charge in [-0.05, 0) is 38.0 Å². The zero-order valence-corrected chi connectivity index (χ0v) is 10.7. The van der Waals surface area contributed by atoms with Crippen molar-refractivity contribution in [2.75, 3.05) is 6.61 Å². The van der Waals surface area contributed by atoms with Gasteiger partial charge in [0, 0.05) is 12.6 Å². The summed E-state index contributed by atoms with van der Waals surface area (Å²) in [7, 11) is 0. The average molecular weight is 225 g/mol. The standard InChI is InChI=1S/C14H27NO/c1-2-4-12-5-3-8-14(9-6-12)11-13(15)7-10-16-14/h12-13H,2-11,15H2,1H3. The molecule has 1 saturated carbocycles. The first-order chi connectivity index (χ1) is 7.74. The van der Waals surface area contributed by atoms with Crippen LogP contribution in [0.1, 0.15) is 64.7 Å². The molecule has 2 heteroatoms. The molecular weight excluding hydrogens is 198 g/mol. The third-order valence-corrected chi connectivity index (χ3v) is 4.48. The fourth-order valence-corrected chi connectivity index (χ4v) is 3.56. The molecule has 0 aromatic carbocycles. The summed E-state index contributed by atoms with van der Waals surface area (Å²) in [6.45, 7) is 3.19. The van der Waals surface area contributed by atoms with E-state index in [-0.39, 0.29) is 5.60 Å². The lowest BCUT2D eigenvalue weighted by Crippen LogP contribution is -2.44. The lowest BCUT2D eigenvalue weighted by Gasteiger charge is -2.39. The Kier molecular flexibility index (Phi) is 4.26. The van der Waals surface area contributed by atoms with Gasteiger partial charge in [-0.1, -0.05) is 32.6 Å². The van der Waals surface area contributed by atoms with Crippen molar-refractivity contribution in [2.45, 2.75) is 76.4 Å². The molecule has 0 amide bonds. The van der Waals surface area contributed by atoms with E-state index in [1.807, 2.05) is 0 Å². The lowest BCUT2D eigenvalue weighted by molar-refractivity contribution is -0.0936. The minimum Gasteiger partial charge on any atom is -0.375 e. The van der Waals surface area contributed by atoms with Crippen LogP contribution in [0.4, 0.5) is 0 Å². The normalized spacial score (nSPS) is 40.9. The van der Waals surface area contributed by atoms with Crippen molar-refractivity contribution in [3.63, 3.8) is 0 Å². The zero-order valence-electron chi connectivity index (χ0n) is 10.7. The van der Waals surface area contributed by atoms with Crippen molar-refractivity contribution in [1.29, 1.82) is 0 Å². The molecule has 2 N–H and O–H groups in total. The fraction of sp³-hybridized carbons (Fsp3) is 1.00. The zero-order chi connectivity index (χ0) is 11.4. The first-order valence-electron chi connectivity index (χ1n) is 7.14. The molecule has 0 bridgehead atoms. The van der Waals surface area contributed by atoms with Crippen LogP contribution in [0, 0.1) is 5.92 Å². The molecule has 0 radical (unpaired) electrons. The van der Waals surface area contributed by atoms with E-state index in [0.29, 0.717) is 6.04 Å². The highest BCUT2D eigenvalue weighted by atomic mass is 16.5. The Hall–Kier alpha value is -0.0800. The van der Waals surface area contributed by atoms with Gasteiger partial charge in [-0.15, -0.1) is 0 Å². The average Bonchev–Trinajstić information content (AvgIpc) is 2.43. The van der Waals surface area contributed by atoms with Crippen molar-refractivity contribution in [3.05, 3.63) is 0 Å². The smallest absolute Gasteiger partial charge is 0.0697 e. The van der Waals surface area contributed by atoms with Crippen LogP contribution in [-0.2, 0) is 4.74 Å². The van der Waals surface area contributed by atoms with Gasteiger partial charge in [-0.25, -0.2) is 0 Å². The first-order valence-corrected chi connectivity index (χ1v) is 7.14. The Morgan fingerprint density at radius 3 is 2.88 bits per heavy atom. The second-order valence-electron chi connectivity index (χ2n) is 5.87. The highest BCUT2D eigenvalue weighted by Crippen LogP contribution is 2.39. The maximum atomic E-state index is 6.10. The van der Waals surface area contributed by atoms with E-state index in [2.05, 4.69) is 6.92 Å². The van der Waals surface area contributed by atoms with E-state index in [1.54, 1.807) is 0 Å². The van der Waals surface area contributed by atoms with Gasteiger partial charge in [0.25, 0.3) is 0 Å². The highest BCUT2D eigenvalue weighted by molar-refractivity contribution is 4.91. The summed E-state index contributed by atoms with van der Waals surface area (Å²) < 4.78 is 6.10. The van der Waals surface area contributed by atoms with E-state index < -0.39 is 0 Å². The van der Waals surface area contributed by atoms with Gasteiger partial charge in [0.2, 0.25) is 0 Å². The van der Waals surface area contributed by atoms with Crippen LogP contribution in [0.3, 0.4) is 0 Å². The highest BCUT2D eigenvalue weighted by Gasteiger charge is 2.37. The van der Waals surface area contributed by atoms with Crippen molar-refractivity contribution in [3.8, 4) is 0 Å². The third-order valence-electron chi connectivity index (χ3n) is 4.48. The number of rotatable bonds is 2. The van der Waals surface area contributed by atoms with E-state index in [0.717, 1.165) is 25.4 Å². The fourth-order valence-electron chi connectivity index (χ4n) is 3.56. The van der Waals surface area contributed by atoms with Crippen molar-refractivity contribution >= 4 is 0 Å². The summed E-state index contributed by atoms with van der Waals surface area (Å²) in [4.78, 5) is 0. The van der Waals surface area contributed by atoms with Crippen molar-refractivity contribution in [2.24, 2.45) is 11.7 Å². The van der Waals surface area contributed by atoms with Gasteiger partial charge >= 0.3 is 0 Å². The quantitative estimate of drug-likeness (QED) is 0.783. The predicted octanol–water partition coefficient (Wildman–Crippen LogP) is 3.24. The number of nitrogens with two attached hydrogens (primary N) is 1. The predicted molar refractivity (Wildman–Crippen MR) is 67.4 cm³/mol. The summed E-state index contributed by atoms with van der Waals surface area (Å²) in [6.07, 6.45) is 11.5. The Balaban J connectivity index is 1.91. The summed E-state index contributed by atoms with van der Waals surface area (Å²) >= 11 is 0. The summed E-state index contributed by atoms with van der Waals surface area (Å²) in [5.74, 6) is 0.950. The largest absolute Gasteiger partial charge is 0.375 e. The summed E-state index contributed by atoms with van der Waals surface area (Å²) in [6, 6.07) is 0.386. The molecule has 1 aliphatic carbocycles. The molecule has 16 heavy (non-hydrogen) atoms. The molecule has 1 heterocycles. The van der Waals surface area contributed by atoms with Gasteiger partial charge in [0.15, 0.2) is 0 Å². The molecule has 2 fully saturated rings. The molecule has 0 aromatic rings. The third kappa shape index (κ3) is 2.98. The Labute approximate surface area is 99.9 Å². The van der Waals surface area contributed by atoms with Gasteiger partial charge in [0.1, 0.15) is 0 Å². The van der Waals surface area contributed by atoms with E-state index in [1.165, 1.54) is 44.9 Å². The van der Waals surface area contributed by atoms with Gasteiger partial charge in [-0.3, -0.25) is 0 Å². The minimum absolute atomic E-state index is 0.167. The van der Waals surface area contributed by atoms with E-state index in [9.17, 15) is 0 Å². The first kappa shape index (κ1) is 12.4. The van der Waals surface area contributed by atoms with Crippen LogP contribution in [0.25, 0.3) is 0 Å². The number of hydrogen-bond acceptors (Lipinski definition) is 2. The maximum absolute atomic E-state index is 6.10. The number of hydrogen-bond donors (Lipinski definition) is 1. The molecule has 1 saturated heterocycles. The minimum atomic E-state index is 0.167. The summed E-state index contributed by atoms with van der Waals surface area (Å²) in [5.41, 5.74) is 6.27. The van der Waals surface area contributed by atoms with Crippen molar-refractivity contribution in [1.82, 2.24) is 0 Å². The molecule has 2 aliphatic rings. The second kappa shape index (κ2) is 5.50. The van der Waals surface area contributed by atoms with Crippen LogP contribution in [0.15, 0.2) is 0 Å². The SMILES string of the molecule is CCCC1CCCC2(CC1)CC(N)CCO2. The van der Waals surface area contributed by atoms with Crippen LogP contribution in [-0.4, -0.2) is 18.2 Å². The topological polar surface area (TPSA) is 35.2 Å². The molecule has 1 spiro atoms.